The van der Waals surface area contributed by atoms with E-state index >= 15 is 0 Å². The Labute approximate surface area is 198 Å². The molecular weight excluding hydrogens is 508 g/mol. The highest BCUT2D eigenvalue weighted by Crippen LogP contribution is 2.18. The molecule has 31 heavy (non-hydrogen) atoms. The number of benzene rings is 2. The van der Waals surface area contributed by atoms with Gasteiger partial charge in [0, 0.05) is 44.0 Å². The minimum atomic E-state index is -0.202. The summed E-state index contributed by atoms with van der Waals surface area (Å²) in [6, 6.07) is 14.9. The minimum Gasteiger partial charge on any atom is -0.368 e. The second-order valence-corrected chi connectivity index (χ2v) is 7.16. The quantitative estimate of drug-likeness (QED) is 0.297. The SMILES string of the molecule is CCNC(=NCc1cccc(-c2ncn[nH]2)c1)N1CCN(c2ccc(F)cc2)CC1.I. The molecule has 0 aliphatic carbocycles. The Balaban J connectivity index is 0.00000272. The average molecular weight is 535 g/mol. The van der Waals surface area contributed by atoms with Crippen LogP contribution in [0.25, 0.3) is 11.4 Å². The van der Waals surface area contributed by atoms with E-state index in [-0.39, 0.29) is 29.8 Å². The van der Waals surface area contributed by atoms with Crippen LogP contribution in [0.15, 0.2) is 59.9 Å². The highest BCUT2D eigenvalue weighted by atomic mass is 127. The van der Waals surface area contributed by atoms with Crippen molar-refractivity contribution in [1.82, 2.24) is 25.4 Å². The lowest BCUT2D eigenvalue weighted by Crippen LogP contribution is -2.52. The molecule has 1 aliphatic rings. The Morgan fingerprint density at radius 3 is 2.58 bits per heavy atom. The lowest BCUT2D eigenvalue weighted by molar-refractivity contribution is 0.372. The van der Waals surface area contributed by atoms with Crippen molar-refractivity contribution in [3.63, 3.8) is 0 Å². The molecule has 1 fully saturated rings. The number of aromatic amines is 1. The van der Waals surface area contributed by atoms with Crippen molar-refractivity contribution in [3.8, 4) is 11.4 Å². The van der Waals surface area contributed by atoms with Gasteiger partial charge in [-0.15, -0.1) is 24.0 Å². The summed E-state index contributed by atoms with van der Waals surface area (Å²) in [4.78, 5) is 13.6. The second kappa shape index (κ2) is 11.1. The number of aromatic nitrogens is 3. The van der Waals surface area contributed by atoms with Crippen LogP contribution >= 0.6 is 24.0 Å². The maximum absolute atomic E-state index is 13.2. The number of rotatable bonds is 5. The summed E-state index contributed by atoms with van der Waals surface area (Å²) in [5.41, 5.74) is 3.17. The van der Waals surface area contributed by atoms with E-state index in [9.17, 15) is 4.39 Å². The van der Waals surface area contributed by atoms with Crippen molar-refractivity contribution in [2.45, 2.75) is 13.5 Å². The number of piperazine rings is 1. The third kappa shape index (κ3) is 5.93. The Morgan fingerprint density at radius 1 is 1.13 bits per heavy atom. The standard InChI is InChI=1S/C22H26FN7.HI/c1-2-24-22(25-15-17-4-3-5-18(14-17)21-26-16-27-28-21)30-12-10-29(11-13-30)20-8-6-19(23)7-9-20;/h3-9,14,16H,2,10-13,15H2,1H3,(H,24,25)(H,26,27,28);1H. The monoisotopic (exact) mass is 535 g/mol. The van der Waals surface area contributed by atoms with Crippen LogP contribution in [0, 0.1) is 5.82 Å². The number of aliphatic imine (C=N–C) groups is 1. The molecule has 0 unspecified atom stereocenters. The number of nitrogens with one attached hydrogen (secondary N) is 2. The number of guanidine groups is 1. The fourth-order valence-corrected chi connectivity index (χ4v) is 3.58. The number of H-pyrrole nitrogens is 1. The minimum absolute atomic E-state index is 0. The van der Waals surface area contributed by atoms with Crippen LogP contribution in [0.3, 0.4) is 0 Å². The van der Waals surface area contributed by atoms with E-state index < -0.39 is 0 Å². The van der Waals surface area contributed by atoms with Gasteiger partial charge in [0.2, 0.25) is 0 Å². The highest BCUT2D eigenvalue weighted by molar-refractivity contribution is 14.0. The molecule has 0 atom stereocenters. The summed E-state index contributed by atoms with van der Waals surface area (Å²) in [6.45, 7) is 6.95. The first kappa shape index (κ1) is 23.0. The Kier molecular flexibility index (Phi) is 8.21. The van der Waals surface area contributed by atoms with E-state index in [0.717, 1.165) is 61.3 Å². The van der Waals surface area contributed by atoms with E-state index in [0.29, 0.717) is 6.54 Å². The molecule has 3 aromatic rings. The van der Waals surface area contributed by atoms with Crippen molar-refractivity contribution in [3.05, 3.63) is 66.2 Å². The predicted octanol–water partition coefficient (Wildman–Crippen LogP) is 3.52. The van der Waals surface area contributed by atoms with Gasteiger partial charge < -0.3 is 15.1 Å². The second-order valence-electron chi connectivity index (χ2n) is 7.16. The van der Waals surface area contributed by atoms with Gasteiger partial charge in [-0.05, 0) is 42.8 Å². The molecule has 9 heteroatoms. The molecule has 0 radical (unpaired) electrons. The molecule has 1 saturated heterocycles. The zero-order valence-corrected chi connectivity index (χ0v) is 19.8. The summed E-state index contributed by atoms with van der Waals surface area (Å²) in [5.74, 6) is 1.47. The van der Waals surface area contributed by atoms with Crippen LogP contribution in [0.4, 0.5) is 10.1 Å². The summed E-state index contributed by atoms with van der Waals surface area (Å²) < 4.78 is 13.2. The molecule has 1 aromatic heterocycles. The molecule has 0 saturated carbocycles. The first-order valence-electron chi connectivity index (χ1n) is 10.2. The van der Waals surface area contributed by atoms with Gasteiger partial charge in [-0.2, -0.15) is 5.10 Å². The smallest absolute Gasteiger partial charge is 0.194 e. The summed E-state index contributed by atoms with van der Waals surface area (Å²) in [7, 11) is 0. The molecule has 2 heterocycles. The van der Waals surface area contributed by atoms with Crippen molar-refractivity contribution >= 4 is 35.6 Å². The number of halogens is 2. The number of hydrogen-bond acceptors (Lipinski definition) is 4. The molecule has 7 nitrogen and oxygen atoms in total. The van der Waals surface area contributed by atoms with Crippen molar-refractivity contribution in [2.75, 3.05) is 37.6 Å². The Morgan fingerprint density at radius 2 is 1.90 bits per heavy atom. The topological polar surface area (TPSA) is 72.4 Å². The molecule has 4 rings (SSSR count). The zero-order chi connectivity index (χ0) is 20.8. The van der Waals surface area contributed by atoms with Gasteiger partial charge in [0.15, 0.2) is 11.8 Å². The van der Waals surface area contributed by atoms with Crippen LogP contribution in [-0.2, 0) is 6.54 Å². The molecule has 164 valence electrons. The lowest BCUT2D eigenvalue weighted by atomic mass is 10.1. The molecular formula is C22H27FIN7. The van der Waals surface area contributed by atoms with Gasteiger partial charge in [0.25, 0.3) is 0 Å². The van der Waals surface area contributed by atoms with E-state index in [1.165, 1.54) is 18.5 Å². The van der Waals surface area contributed by atoms with Gasteiger partial charge in [-0.1, -0.05) is 18.2 Å². The Hall–Kier alpha value is -2.69. The van der Waals surface area contributed by atoms with Gasteiger partial charge in [0.1, 0.15) is 12.1 Å². The Bertz CT molecular complexity index is 968. The maximum Gasteiger partial charge on any atom is 0.194 e. The largest absolute Gasteiger partial charge is 0.368 e. The van der Waals surface area contributed by atoms with Gasteiger partial charge >= 0.3 is 0 Å². The van der Waals surface area contributed by atoms with Crippen molar-refractivity contribution in [1.29, 1.82) is 0 Å². The number of nitrogens with zero attached hydrogens (tertiary/aromatic N) is 5. The molecule has 2 N–H and O–H groups in total. The van der Waals surface area contributed by atoms with E-state index in [1.807, 2.05) is 24.3 Å². The summed E-state index contributed by atoms with van der Waals surface area (Å²) >= 11 is 0. The fraction of sp³-hybridized carbons (Fsp3) is 0.318. The van der Waals surface area contributed by atoms with E-state index in [2.05, 4.69) is 49.4 Å². The summed E-state index contributed by atoms with van der Waals surface area (Å²) in [6.07, 6.45) is 1.51. The van der Waals surface area contributed by atoms with Crippen LogP contribution in [0.2, 0.25) is 0 Å². The predicted molar refractivity (Wildman–Crippen MR) is 132 cm³/mol. The highest BCUT2D eigenvalue weighted by Gasteiger charge is 2.19. The third-order valence-corrected chi connectivity index (χ3v) is 5.13. The van der Waals surface area contributed by atoms with Gasteiger partial charge in [0.05, 0.1) is 6.54 Å². The van der Waals surface area contributed by atoms with Crippen molar-refractivity contribution < 1.29 is 4.39 Å². The third-order valence-electron chi connectivity index (χ3n) is 5.13. The molecule has 0 amide bonds. The number of hydrogen-bond donors (Lipinski definition) is 2. The van der Waals surface area contributed by atoms with Gasteiger partial charge in [-0.3, -0.25) is 5.10 Å². The van der Waals surface area contributed by atoms with Crippen molar-refractivity contribution in [2.24, 2.45) is 4.99 Å². The molecule has 0 spiro atoms. The van der Waals surface area contributed by atoms with Crippen LogP contribution in [-0.4, -0.2) is 58.8 Å². The van der Waals surface area contributed by atoms with Crippen LogP contribution in [0.1, 0.15) is 12.5 Å². The first-order valence-corrected chi connectivity index (χ1v) is 10.2. The maximum atomic E-state index is 13.2. The van der Waals surface area contributed by atoms with Gasteiger partial charge in [-0.25, -0.2) is 14.4 Å². The molecule has 2 aromatic carbocycles. The molecule has 0 bridgehead atoms. The summed E-state index contributed by atoms with van der Waals surface area (Å²) in [5, 5.41) is 10.2. The number of anilines is 1. The van der Waals surface area contributed by atoms with Crippen LogP contribution in [0.5, 0.6) is 0 Å². The van der Waals surface area contributed by atoms with Crippen LogP contribution < -0.4 is 10.2 Å². The normalized spacial score (nSPS) is 14.3. The molecule has 1 aliphatic heterocycles. The first-order chi connectivity index (χ1) is 14.7. The zero-order valence-electron chi connectivity index (χ0n) is 17.5. The average Bonchev–Trinajstić information content (AvgIpc) is 3.33. The van der Waals surface area contributed by atoms with E-state index in [4.69, 9.17) is 4.99 Å². The van der Waals surface area contributed by atoms with E-state index in [1.54, 1.807) is 0 Å². The lowest BCUT2D eigenvalue weighted by Gasteiger charge is -2.37. The fourth-order valence-electron chi connectivity index (χ4n) is 3.58.